The molecule has 25 heavy (non-hydrogen) atoms. The lowest BCUT2D eigenvalue weighted by Gasteiger charge is -2.15. The number of aliphatic hydroxyl groups is 1. The number of hydrogen-bond acceptors (Lipinski definition) is 5. The number of carbonyl (C=O) groups excluding carboxylic acids is 1. The van der Waals surface area contributed by atoms with Crippen molar-refractivity contribution in [1.29, 1.82) is 0 Å². The molecule has 1 amide bonds. The Kier molecular flexibility index (Phi) is 5.09. The van der Waals surface area contributed by atoms with E-state index in [0.29, 0.717) is 28.4 Å². The predicted molar refractivity (Wildman–Crippen MR) is 92.1 cm³/mol. The maximum atomic E-state index is 12.2. The van der Waals surface area contributed by atoms with Crippen LogP contribution in [0.15, 0.2) is 42.5 Å². The normalized spacial score (nSPS) is 13.6. The van der Waals surface area contributed by atoms with Gasteiger partial charge in [0.2, 0.25) is 6.79 Å². The third kappa shape index (κ3) is 4.22. The summed E-state index contributed by atoms with van der Waals surface area (Å²) in [5, 5.41) is 13.0. The highest BCUT2D eigenvalue weighted by atomic mass is 16.7. The van der Waals surface area contributed by atoms with E-state index in [2.05, 4.69) is 5.32 Å². The fourth-order valence-electron chi connectivity index (χ4n) is 2.51. The molecule has 0 aromatic heterocycles. The molecule has 1 aliphatic heterocycles. The fourth-order valence-corrected chi connectivity index (χ4v) is 2.51. The van der Waals surface area contributed by atoms with Crippen LogP contribution in [0.4, 0.5) is 0 Å². The molecule has 1 atom stereocenters. The second-order valence-corrected chi connectivity index (χ2v) is 6.03. The Labute approximate surface area is 146 Å². The second-order valence-electron chi connectivity index (χ2n) is 6.03. The quantitative estimate of drug-likeness (QED) is 0.843. The van der Waals surface area contributed by atoms with Crippen LogP contribution in [-0.2, 0) is 0 Å². The third-order valence-corrected chi connectivity index (χ3v) is 3.71. The molecule has 2 aromatic carbocycles. The van der Waals surface area contributed by atoms with Crippen LogP contribution in [0, 0.1) is 0 Å². The van der Waals surface area contributed by atoms with Crippen molar-refractivity contribution in [3.63, 3.8) is 0 Å². The number of fused-ring (bicyclic) bond motifs is 1. The van der Waals surface area contributed by atoms with Gasteiger partial charge in [-0.2, -0.15) is 0 Å². The Morgan fingerprint density at radius 2 is 2.00 bits per heavy atom. The molecule has 2 N–H and O–H groups in total. The maximum absolute atomic E-state index is 12.2. The van der Waals surface area contributed by atoms with E-state index in [1.807, 2.05) is 26.0 Å². The lowest BCUT2D eigenvalue weighted by atomic mass is 10.1. The average molecular weight is 343 g/mol. The zero-order valence-electron chi connectivity index (χ0n) is 14.2. The molecule has 0 radical (unpaired) electrons. The minimum Gasteiger partial charge on any atom is -0.491 e. The van der Waals surface area contributed by atoms with Gasteiger partial charge in [0.25, 0.3) is 5.91 Å². The molecule has 0 spiro atoms. The molecular weight excluding hydrogens is 322 g/mol. The highest BCUT2D eigenvalue weighted by Crippen LogP contribution is 2.32. The van der Waals surface area contributed by atoms with Crippen molar-refractivity contribution in [2.45, 2.75) is 26.1 Å². The van der Waals surface area contributed by atoms with Crippen molar-refractivity contribution < 1.29 is 24.1 Å². The molecule has 0 saturated carbocycles. The summed E-state index contributed by atoms with van der Waals surface area (Å²) in [7, 11) is 0. The van der Waals surface area contributed by atoms with E-state index in [1.54, 1.807) is 30.3 Å². The van der Waals surface area contributed by atoms with E-state index in [4.69, 9.17) is 14.2 Å². The monoisotopic (exact) mass is 343 g/mol. The van der Waals surface area contributed by atoms with Crippen molar-refractivity contribution >= 4 is 5.91 Å². The topological polar surface area (TPSA) is 77.0 Å². The van der Waals surface area contributed by atoms with Crippen LogP contribution in [0.5, 0.6) is 17.2 Å². The summed E-state index contributed by atoms with van der Waals surface area (Å²) >= 11 is 0. The number of hydrogen-bond donors (Lipinski definition) is 2. The zero-order valence-corrected chi connectivity index (χ0v) is 14.2. The van der Waals surface area contributed by atoms with Gasteiger partial charge in [0.15, 0.2) is 11.5 Å². The van der Waals surface area contributed by atoms with Gasteiger partial charge >= 0.3 is 0 Å². The Morgan fingerprint density at radius 3 is 2.80 bits per heavy atom. The van der Waals surface area contributed by atoms with Gasteiger partial charge < -0.3 is 24.6 Å². The van der Waals surface area contributed by atoms with Crippen molar-refractivity contribution in [3.05, 3.63) is 53.6 Å². The van der Waals surface area contributed by atoms with Crippen LogP contribution in [-0.4, -0.2) is 30.5 Å². The number of amides is 1. The Hall–Kier alpha value is -2.73. The molecule has 0 saturated heterocycles. The van der Waals surface area contributed by atoms with Gasteiger partial charge in [0.05, 0.1) is 12.2 Å². The van der Waals surface area contributed by atoms with E-state index in [9.17, 15) is 9.90 Å². The van der Waals surface area contributed by atoms with Crippen LogP contribution in [0.3, 0.4) is 0 Å². The lowest BCUT2D eigenvalue weighted by molar-refractivity contribution is 0.0916. The average Bonchev–Trinajstić information content (AvgIpc) is 3.06. The minimum atomic E-state index is -0.825. The second kappa shape index (κ2) is 7.44. The number of aliphatic hydroxyl groups excluding tert-OH is 1. The molecule has 0 bridgehead atoms. The summed E-state index contributed by atoms with van der Waals surface area (Å²) in [5.74, 6) is 1.57. The number of nitrogens with one attached hydrogen (secondary N) is 1. The first-order valence-electron chi connectivity index (χ1n) is 8.15. The molecule has 0 unspecified atom stereocenters. The molecule has 132 valence electrons. The standard InChI is InChI=1S/C19H21NO5/c1-12(2)25-15-5-3-4-13(8-15)16(21)10-20-19(22)14-6-7-17-18(9-14)24-11-23-17/h3-9,12,16,21H,10-11H2,1-2H3,(H,20,22)/t16-/m0/s1. The first-order chi connectivity index (χ1) is 12.0. The van der Waals surface area contributed by atoms with Gasteiger partial charge in [-0.15, -0.1) is 0 Å². The summed E-state index contributed by atoms with van der Waals surface area (Å²) in [6.45, 7) is 4.13. The Balaban J connectivity index is 1.60. The zero-order chi connectivity index (χ0) is 17.8. The van der Waals surface area contributed by atoms with Crippen molar-refractivity contribution in [1.82, 2.24) is 5.32 Å². The van der Waals surface area contributed by atoms with E-state index in [1.165, 1.54) is 0 Å². The van der Waals surface area contributed by atoms with Crippen molar-refractivity contribution in [3.8, 4) is 17.2 Å². The van der Waals surface area contributed by atoms with Gasteiger partial charge in [-0.25, -0.2) is 0 Å². The molecule has 0 aliphatic carbocycles. The summed E-state index contributed by atoms with van der Waals surface area (Å²) in [4.78, 5) is 12.2. The van der Waals surface area contributed by atoms with Crippen molar-refractivity contribution in [2.75, 3.05) is 13.3 Å². The maximum Gasteiger partial charge on any atom is 0.251 e. The fraction of sp³-hybridized carbons (Fsp3) is 0.316. The molecule has 3 rings (SSSR count). The highest BCUT2D eigenvalue weighted by molar-refractivity contribution is 5.94. The van der Waals surface area contributed by atoms with Gasteiger partial charge in [0, 0.05) is 12.1 Å². The number of rotatable bonds is 6. The van der Waals surface area contributed by atoms with Gasteiger partial charge in [0.1, 0.15) is 5.75 Å². The molecule has 1 aliphatic rings. The molecule has 0 fully saturated rings. The number of benzene rings is 2. The Bertz CT molecular complexity index is 759. The molecule has 6 nitrogen and oxygen atoms in total. The van der Waals surface area contributed by atoms with Crippen LogP contribution in [0.25, 0.3) is 0 Å². The highest BCUT2D eigenvalue weighted by Gasteiger charge is 2.17. The summed E-state index contributed by atoms with van der Waals surface area (Å²) in [5.41, 5.74) is 1.14. The van der Waals surface area contributed by atoms with Gasteiger partial charge in [-0.1, -0.05) is 12.1 Å². The van der Waals surface area contributed by atoms with E-state index >= 15 is 0 Å². The smallest absolute Gasteiger partial charge is 0.251 e. The first kappa shape index (κ1) is 17.1. The first-order valence-corrected chi connectivity index (χ1v) is 8.15. The number of carbonyl (C=O) groups is 1. The van der Waals surface area contributed by atoms with Crippen molar-refractivity contribution in [2.24, 2.45) is 0 Å². The lowest BCUT2D eigenvalue weighted by Crippen LogP contribution is -2.28. The number of ether oxygens (including phenoxy) is 3. The molecule has 2 aromatic rings. The molecule has 6 heteroatoms. The Morgan fingerprint density at radius 1 is 1.20 bits per heavy atom. The van der Waals surface area contributed by atoms with E-state index in [0.717, 1.165) is 0 Å². The van der Waals surface area contributed by atoms with E-state index < -0.39 is 6.10 Å². The predicted octanol–water partition coefficient (Wildman–Crippen LogP) is 2.67. The van der Waals surface area contributed by atoms with Crippen LogP contribution < -0.4 is 19.5 Å². The van der Waals surface area contributed by atoms with Crippen LogP contribution in [0.2, 0.25) is 0 Å². The van der Waals surface area contributed by atoms with Gasteiger partial charge in [-0.05, 0) is 49.7 Å². The summed E-state index contributed by atoms with van der Waals surface area (Å²) in [6.07, 6.45) is -0.772. The van der Waals surface area contributed by atoms with Gasteiger partial charge in [-0.3, -0.25) is 4.79 Å². The van der Waals surface area contributed by atoms with Crippen LogP contribution >= 0.6 is 0 Å². The minimum absolute atomic E-state index is 0.0538. The van der Waals surface area contributed by atoms with Crippen LogP contribution in [0.1, 0.15) is 35.9 Å². The summed E-state index contributed by atoms with van der Waals surface area (Å²) in [6, 6.07) is 12.2. The third-order valence-electron chi connectivity index (χ3n) is 3.71. The largest absolute Gasteiger partial charge is 0.491 e. The SMILES string of the molecule is CC(C)Oc1cccc([C@@H](O)CNC(=O)c2ccc3c(c2)OCO3)c1. The molecule has 1 heterocycles. The summed E-state index contributed by atoms with van der Waals surface area (Å²) < 4.78 is 16.1. The molecular formula is C19H21NO5. The van der Waals surface area contributed by atoms with E-state index in [-0.39, 0.29) is 25.3 Å².